The number of carbonyl (C=O) groups excluding carboxylic acids is 1. The van der Waals surface area contributed by atoms with Gasteiger partial charge in [-0.2, -0.15) is 0 Å². The number of nitrogens with one attached hydrogen (secondary N) is 2. The minimum atomic E-state index is -0.481. The molecule has 0 bridgehead atoms. The van der Waals surface area contributed by atoms with Crippen molar-refractivity contribution in [2.45, 2.75) is 26.4 Å². The van der Waals surface area contributed by atoms with Crippen molar-refractivity contribution in [1.29, 1.82) is 0 Å². The first-order valence-corrected chi connectivity index (χ1v) is 7.90. The summed E-state index contributed by atoms with van der Waals surface area (Å²) in [6.07, 6.45) is -0.412. The molecular formula is C16H20BrN3O2. The molecule has 0 aliphatic rings. The largest absolute Gasteiger partial charge is 0.444 e. The molecule has 0 radical (unpaired) electrons. The molecule has 0 fully saturated rings. The lowest BCUT2D eigenvalue weighted by Crippen LogP contribution is -2.35. The molecule has 22 heavy (non-hydrogen) atoms. The second kappa shape index (κ2) is 6.96. The number of anilines is 1. The van der Waals surface area contributed by atoms with E-state index in [4.69, 9.17) is 4.74 Å². The lowest BCUT2D eigenvalue weighted by molar-refractivity contribution is 0.0530. The molecule has 0 saturated carbocycles. The van der Waals surface area contributed by atoms with Gasteiger partial charge in [0, 0.05) is 22.9 Å². The van der Waals surface area contributed by atoms with Gasteiger partial charge < -0.3 is 15.4 Å². The van der Waals surface area contributed by atoms with E-state index >= 15 is 0 Å². The molecule has 1 aromatic heterocycles. The predicted octanol–water partition coefficient (Wildman–Crippen LogP) is 3.93. The van der Waals surface area contributed by atoms with E-state index in [1.54, 1.807) is 0 Å². The van der Waals surface area contributed by atoms with Crippen LogP contribution in [0.1, 0.15) is 20.8 Å². The standard InChI is InChI=1S/C16H20BrN3O2/c1-16(2,3)22-15(21)19-10-9-18-14-8-7-11-12(17)5-4-6-13(11)20-14/h4-8H,9-10H2,1-3H3,(H,18,20)(H,19,21). The zero-order valence-corrected chi connectivity index (χ0v) is 14.5. The van der Waals surface area contributed by atoms with Crippen molar-refractivity contribution in [3.63, 3.8) is 0 Å². The molecule has 0 aliphatic heterocycles. The molecule has 5 nitrogen and oxygen atoms in total. The molecule has 1 heterocycles. The number of fused-ring (bicyclic) bond motifs is 1. The Morgan fingerprint density at radius 3 is 2.73 bits per heavy atom. The molecule has 118 valence electrons. The number of ether oxygens (including phenoxy) is 1. The number of hydrogen-bond acceptors (Lipinski definition) is 4. The number of nitrogens with zero attached hydrogens (tertiary/aromatic N) is 1. The number of alkyl carbamates (subject to hydrolysis) is 1. The third-order valence-electron chi connectivity index (χ3n) is 2.78. The molecule has 0 aliphatic carbocycles. The molecule has 1 aromatic carbocycles. The zero-order valence-electron chi connectivity index (χ0n) is 12.9. The van der Waals surface area contributed by atoms with Crippen LogP contribution in [0.3, 0.4) is 0 Å². The quantitative estimate of drug-likeness (QED) is 0.805. The molecule has 6 heteroatoms. The molecule has 2 N–H and O–H groups in total. The van der Waals surface area contributed by atoms with Crippen LogP contribution in [0.5, 0.6) is 0 Å². The Morgan fingerprint density at radius 2 is 2.00 bits per heavy atom. The van der Waals surface area contributed by atoms with Crippen LogP contribution in [0.15, 0.2) is 34.8 Å². The first-order chi connectivity index (χ1) is 10.3. The maximum atomic E-state index is 11.5. The zero-order chi connectivity index (χ0) is 16.2. The highest BCUT2D eigenvalue weighted by Crippen LogP contribution is 2.23. The second-order valence-electron chi connectivity index (χ2n) is 5.86. The fourth-order valence-electron chi connectivity index (χ4n) is 1.89. The van der Waals surface area contributed by atoms with E-state index < -0.39 is 11.7 Å². The molecule has 2 rings (SSSR count). The number of aromatic nitrogens is 1. The summed E-state index contributed by atoms with van der Waals surface area (Å²) >= 11 is 3.50. The normalized spacial score (nSPS) is 11.3. The van der Waals surface area contributed by atoms with Crippen LogP contribution < -0.4 is 10.6 Å². The van der Waals surface area contributed by atoms with Crippen LogP contribution in [0, 0.1) is 0 Å². The van der Waals surface area contributed by atoms with Crippen LogP contribution in [-0.2, 0) is 4.74 Å². The number of halogens is 1. The molecular weight excluding hydrogens is 346 g/mol. The second-order valence-corrected chi connectivity index (χ2v) is 6.71. The van der Waals surface area contributed by atoms with Gasteiger partial charge in [-0.1, -0.05) is 22.0 Å². The van der Waals surface area contributed by atoms with Crippen LogP contribution in [-0.4, -0.2) is 29.8 Å². The number of amides is 1. The maximum absolute atomic E-state index is 11.5. The first kappa shape index (κ1) is 16.5. The minimum Gasteiger partial charge on any atom is -0.444 e. The molecule has 0 saturated heterocycles. The van der Waals surface area contributed by atoms with Crippen LogP contribution >= 0.6 is 15.9 Å². The minimum absolute atomic E-state index is 0.412. The van der Waals surface area contributed by atoms with Gasteiger partial charge in [-0.15, -0.1) is 0 Å². The average molecular weight is 366 g/mol. The van der Waals surface area contributed by atoms with Crippen molar-refractivity contribution in [3.8, 4) is 0 Å². The Balaban J connectivity index is 1.84. The molecule has 0 spiro atoms. The summed E-state index contributed by atoms with van der Waals surface area (Å²) in [6.45, 7) is 6.55. The Bertz CT molecular complexity index is 668. The Hall–Kier alpha value is -1.82. The van der Waals surface area contributed by atoms with E-state index in [2.05, 4.69) is 31.5 Å². The average Bonchev–Trinajstić information content (AvgIpc) is 2.42. The Labute approximate surface area is 138 Å². The van der Waals surface area contributed by atoms with E-state index in [0.717, 1.165) is 21.2 Å². The highest BCUT2D eigenvalue weighted by atomic mass is 79.9. The third-order valence-corrected chi connectivity index (χ3v) is 3.47. The fraction of sp³-hybridized carbons (Fsp3) is 0.375. The van der Waals surface area contributed by atoms with Crippen molar-refractivity contribution in [1.82, 2.24) is 10.3 Å². The van der Waals surface area contributed by atoms with Gasteiger partial charge in [0.15, 0.2) is 0 Å². The van der Waals surface area contributed by atoms with Crippen molar-refractivity contribution < 1.29 is 9.53 Å². The number of carbonyl (C=O) groups is 1. The fourth-order valence-corrected chi connectivity index (χ4v) is 2.37. The number of pyridine rings is 1. The highest BCUT2D eigenvalue weighted by molar-refractivity contribution is 9.10. The summed E-state index contributed by atoms with van der Waals surface area (Å²) < 4.78 is 6.19. The number of rotatable bonds is 4. The van der Waals surface area contributed by atoms with Crippen molar-refractivity contribution in [3.05, 3.63) is 34.8 Å². The highest BCUT2D eigenvalue weighted by Gasteiger charge is 2.15. The van der Waals surface area contributed by atoms with Crippen LogP contribution in [0.4, 0.5) is 10.6 Å². The van der Waals surface area contributed by atoms with Gasteiger partial charge in [-0.05, 0) is 45.0 Å². The summed E-state index contributed by atoms with van der Waals surface area (Å²) in [6, 6.07) is 9.83. The smallest absolute Gasteiger partial charge is 0.407 e. The van der Waals surface area contributed by atoms with Crippen LogP contribution in [0.25, 0.3) is 10.9 Å². The van der Waals surface area contributed by atoms with Gasteiger partial charge in [0.25, 0.3) is 0 Å². The molecule has 0 atom stereocenters. The van der Waals surface area contributed by atoms with Gasteiger partial charge in [0.2, 0.25) is 0 Å². The molecule has 1 amide bonds. The number of hydrogen-bond donors (Lipinski definition) is 2. The lowest BCUT2D eigenvalue weighted by Gasteiger charge is -2.19. The van der Waals surface area contributed by atoms with E-state index in [-0.39, 0.29) is 0 Å². The number of benzene rings is 1. The van der Waals surface area contributed by atoms with E-state index in [1.807, 2.05) is 51.1 Å². The van der Waals surface area contributed by atoms with E-state index in [9.17, 15) is 4.79 Å². The lowest BCUT2D eigenvalue weighted by atomic mass is 10.2. The van der Waals surface area contributed by atoms with Crippen LogP contribution in [0.2, 0.25) is 0 Å². The first-order valence-electron chi connectivity index (χ1n) is 7.11. The maximum Gasteiger partial charge on any atom is 0.407 e. The van der Waals surface area contributed by atoms with Crippen molar-refractivity contribution in [2.75, 3.05) is 18.4 Å². The monoisotopic (exact) mass is 365 g/mol. The summed E-state index contributed by atoms with van der Waals surface area (Å²) in [5.74, 6) is 0.775. The van der Waals surface area contributed by atoms with E-state index in [0.29, 0.717) is 13.1 Å². The van der Waals surface area contributed by atoms with Crippen molar-refractivity contribution in [2.24, 2.45) is 0 Å². The molecule has 0 unspecified atom stereocenters. The predicted molar refractivity (Wildman–Crippen MR) is 92.2 cm³/mol. The van der Waals surface area contributed by atoms with Crippen molar-refractivity contribution >= 4 is 38.7 Å². The Kier molecular flexibility index (Phi) is 5.24. The summed E-state index contributed by atoms with van der Waals surface area (Å²) in [5, 5.41) is 6.94. The summed E-state index contributed by atoms with van der Waals surface area (Å²) in [4.78, 5) is 16.0. The summed E-state index contributed by atoms with van der Waals surface area (Å²) in [5.41, 5.74) is 0.435. The topological polar surface area (TPSA) is 63.2 Å². The molecule has 2 aromatic rings. The SMILES string of the molecule is CC(C)(C)OC(=O)NCCNc1ccc2c(Br)cccc2n1. The summed E-state index contributed by atoms with van der Waals surface area (Å²) in [7, 11) is 0. The van der Waals surface area contributed by atoms with Gasteiger partial charge in [-0.3, -0.25) is 0 Å². The van der Waals surface area contributed by atoms with Gasteiger partial charge in [0.05, 0.1) is 5.52 Å². The van der Waals surface area contributed by atoms with Gasteiger partial charge in [0.1, 0.15) is 11.4 Å². The van der Waals surface area contributed by atoms with Gasteiger partial charge >= 0.3 is 6.09 Å². The van der Waals surface area contributed by atoms with E-state index in [1.165, 1.54) is 0 Å². The Morgan fingerprint density at radius 1 is 1.23 bits per heavy atom. The third kappa shape index (κ3) is 4.87. The van der Waals surface area contributed by atoms with Gasteiger partial charge in [-0.25, -0.2) is 9.78 Å².